The second-order valence-electron chi connectivity index (χ2n) is 25.9. The summed E-state index contributed by atoms with van der Waals surface area (Å²) in [5.41, 5.74) is 0. The van der Waals surface area contributed by atoms with Crippen LogP contribution in [0.25, 0.3) is 0 Å². The van der Waals surface area contributed by atoms with E-state index in [0.717, 1.165) is 58.7 Å². The molecule has 0 aliphatic heterocycles. The molecule has 0 N–H and O–H groups in total. The number of halogens is 11. The van der Waals surface area contributed by atoms with Crippen molar-refractivity contribution in [3.8, 4) is 40.2 Å². The van der Waals surface area contributed by atoms with Gasteiger partial charge < -0.3 is 33.2 Å². The molecular formula is C93H77Br7Cl2F2O14S4+4. The smallest absolute Gasteiger partial charge is 0.324 e. The molecule has 0 aromatic heterocycles. The van der Waals surface area contributed by atoms with Crippen LogP contribution in [0.1, 0.15) is 48.5 Å². The van der Waals surface area contributed by atoms with Crippen LogP contribution in [0.15, 0.2) is 356 Å². The normalized spacial score (nSPS) is 13.1. The number of benzene rings is 12. The van der Waals surface area contributed by atoms with Gasteiger partial charge in [-0.25, -0.2) is 8.78 Å². The number of rotatable bonds is 26. The zero-order valence-electron chi connectivity index (χ0n) is 65.8. The molecule has 0 heterocycles. The van der Waals surface area contributed by atoms with Crippen molar-refractivity contribution in [2.24, 2.45) is 0 Å². The fraction of sp³-hybridized carbons (Fsp3) is 0.151. The Morgan fingerprint density at radius 2 is 0.336 bits per heavy atom. The van der Waals surface area contributed by atoms with E-state index in [1.807, 2.05) is 164 Å². The van der Waals surface area contributed by atoms with Crippen molar-refractivity contribution < 1.29 is 75.5 Å². The number of carbonyl (C=O) groups is 7. The Labute approximate surface area is 787 Å². The van der Waals surface area contributed by atoms with Gasteiger partial charge in [0, 0.05) is 10.0 Å². The minimum absolute atomic E-state index is 0.312. The Morgan fingerprint density at radius 3 is 0.475 bits per heavy atom. The third-order valence-corrected chi connectivity index (χ3v) is 28.4. The predicted molar refractivity (Wildman–Crippen MR) is 504 cm³/mol. The average Bonchev–Trinajstić information content (AvgIpc) is 0.818. The maximum absolute atomic E-state index is 13.3. The lowest BCUT2D eigenvalue weighted by atomic mass is 10.3. The van der Waals surface area contributed by atoms with Crippen LogP contribution in [-0.2, 0) is 77.1 Å². The summed E-state index contributed by atoms with van der Waals surface area (Å²) < 4.78 is 64.2. The first kappa shape index (κ1) is 97.9. The fourth-order valence-electron chi connectivity index (χ4n) is 10.4. The first-order valence-corrected chi connectivity index (χ1v) is 49.1. The van der Waals surface area contributed by atoms with Crippen molar-refractivity contribution in [2.75, 3.05) is 0 Å². The first-order chi connectivity index (χ1) is 58.3. The van der Waals surface area contributed by atoms with Crippen LogP contribution in [0.5, 0.6) is 40.2 Å². The van der Waals surface area contributed by atoms with Gasteiger partial charge in [-0.2, -0.15) is 0 Å². The van der Waals surface area contributed by atoms with Gasteiger partial charge in [0.25, 0.3) is 0 Å². The lowest BCUT2D eigenvalue weighted by Crippen LogP contribution is -2.17. The molecule has 14 nitrogen and oxygen atoms in total. The Bertz CT molecular complexity index is 4960. The summed E-state index contributed by atoms with van der Waals surface area (Å²) in [7, 11) is -1.80. The molecule has 122 heavy (non-hydrogen) atoms. The second-order valence-corrected chi connectivity index (χ2v) is 44.5. The first-order valence-electron chi connectivity index (χ1n) is 37.0. The number of hydrogen-bond acceptors (Lipinski definition) is 14. The summed E-state index contributed by atoms with van der Waals surface area (Å²) in [4.78, 5) is 92.5. The quantitative estimate of drug-likeness (QED) is 0.0216. The fourth-order valence-corrected chi connectivity index (χ4v) is 19.5. The van der Waals surface area contributed by atoms with E-state index in [1.165, 1.54) is 24.3 Å². The summed E-state index contributed by atoms with van der Waals surface area (Å²) in [6.45, 7) is 12.0. The molecule has 0 amide bonds. The lowest BCUT2D eigenvalue weighted by molar-refractivity contribution is -0.134. The second kappa shape index (κ2) is 48.6. The SMILES string of the molecule is CC(Br)C(=O)Oc1ccc([S+](c2ccc(Cl)cc2)c2ccc(Cl)cc2)cc1.CC(Br)C(=O)Oc1ccc([S+](c2ccc(F)cc2)c2ccc(F)cc2)cc1.CC(Br)C(=O)Oc1ccc([S+](c2ccc(OC(=O)C(C)Br)cc2)c2ccc(OC(=O)C(C)Br)cc2)cc1.CC(Br)C(=O)Oc1ccc([S+](c2ccccc2)c2ccc(OC(=O)C(C)Br)cc2)cc1. The molecular weight excluding hydrogens is 2140 g/mol. The standard InChI is InChI=1S/C27H24Br3O6S.C24H21Br2O4S.C21H16BrCl2O2S.C21H16BrF2O2S/c1-16(28)25(31)34-19-4-10-22(11-5-19)37(23-12-6-20(7-13-23)35-26(32)17(2)29)24-14-8-21(9-15-24)36-27(33)18(3)30;1-16(25)23(27)29-18-8-12-21(13-9-18)31(20-6-4-3-5-7-20)22-14-10-19(11-15-22)30-24(28)17(2)26;2*1-14(22)21(25)26-17-6-12-20(13-7-17)27(18-8-2-15(23)3-9-18)19-10-4-16(24)5-11-19/h4-18H,1-3H3;3-17H,1-2H3;2*2-14H,1H3/q4*+1. The molecule has 0 saturated carbocycles. The Kier molecular flexibility index (Phi) is 39.0. The van der Waals surface area contributed by atoms with Crippen molar-refractivity contribution in [1.82, 2.24) is 0 Å². The molecule has 0 bridgehead atoms. The molecule has 0 aliphatic rings. The van der Waals surface area contributed by atoms with Crippen LogP contribution in [0.4, 0.5) is 8.78 Å². The Morgan fingerprint density at radius 1 is 0.213 bits per heavy atom. The highest BCUT2D eigenvalue weighted by molar-refractivity contribution is 9.10. The van der Waals surface area contributed by atoms with Gasteiger partial charge in [-0.1, -0.05) is 153 Å². The molecule has 7 unspecified atom stereocenters. The van der Waals surface area contributed by atoms with Crippen molar-refractivity contribution in [3.05, 3.63) is 319 Å². The van der Waals surface area contributed by atoms with Crippen LogP contribution in [-0.4, -0.2) is 75.6 Å². The molecule has 0 aliphatic carbocycles. The van der Waals surface area contributed by atoms with Gasteiger partial charge in [0.1, 0.15) is 85.7 Å². The Balaban J connectivity index is 0.000000186. The largest absolute Gasteiger partial charge is 0.426 e. The van der Waals surface area contributed by atoms with Crippen LogP contribution < -0.4 is 33.2 Å². The number of esters is 7. The monoisotopic (exact) mass is 2210 g/mol. The predicted octanol–water partition coefficient (Wildman–Crippen LogP) is 25.5. The van der Waals surface area contributed by atoms with E-state index in [0.29, 0.717) is 50.3 Å². The molecule has 0 saturated heterocycles. The van der Waals surface area contributed by atoms with E-state index in [1.54, 1.807) is 146 Å². The van der Waals surface area contributed by atoms with E-state index in [2.05, 4.69) is 124 Å². The number of carbonyl (C=O) groups excluding carboxylic acids is 7. The van der Waals surface area contributed by atoms with E-state index in [4.69, 9.17) is 56.4 Å². The van der Waals surface area contributed by atoms with Crippen molar-refractivity contribution >= 4 is 220 Å². The molecule has 0 radical (unpaired) electrons. The minimum Gasteiger partial charge on any atom is -0.426 e. The highest BCUT2D eigenvalue weighted by Crippen LogP contribution is 2.39. The zero-order chi connectivity index (χ0) is 88.3. The lowest BCUT2D eigenvalue weighted by Gasteiger charge is -2.11. The van der Waals surface area contributed by atoms with Crippen LogP contribution >= 0.6 is 135 Å². The van der Waals surface area contributed by atoms with Gasteiger partial charge in [0.05, 0.1) is 43.6 Å². The molecule has 7 atom stereocenters. The van der Waals surface area contributed by atoms with Gasteiger partial charge in [-0.05, 0) is 328 Å². The molecule has 12 aromatic carbocycles. The Hall–Kier alpha value is -7.87. The van der Waals surface area contributed by atoms with Gasteiger partial charge >= 0.3 is 41.8 Å². The topological polar surface area (TPSA) is 184 Å². The maximum Gasteiger partial charge on any atom is 0.324 e. The molecule has 12 rings (SSSR count). The number of hydrogen-bond donors (Lipinski definition) is 0. The summed E-state index contributed by atoms with van der Waals surface area (Å²) in [5.74, 6) is 0.176. The van der Waals surface area contributed by atoms with Crippen LogP contribution in [0.2, 0.25) is 10.0 Å². The van der Waals surface area contributed by atoms with Gasteiger partial charge in [-0.15, -0.1) is 0 Å². The van der Waals surface area contributed by atoms with Crippen molar-refractivity contribution in [3.63, 3.8) is 0 Å². The number of ether oxygens (including phenoxy) is 7. The van der Waals surface area contributed by atoms with Gasteiger partial charge in [0.15, 0.2) is 58.7 Å². The van der Waals surface area contributed by atoms with Crippen molar-refractivity contribution in [2.45, 2.75) is 141 Å². The number of alkyl halides is 7. The molecule has 0 fully saturated rings. The summed E-state index contributed by atoms with van der Waals surface area (Å²) in [6.07, 6.45) is 0. The molecule has 630 valence electrons. The van der Waals surface area contributed by atoms with Crippen LogP contribution in [0.3, 0.4) is 0 Å². The van der Waals surface area contributed by atoms with E-state index in [9.17, 15) is 42.3 Å². The van der Waals surface area contributed by atoms with E-state index >= 15 is 0 Å². The minimum atomic E-state index is -0.553. The summed E-state index contributed by atoms with van der Waals surface area (Å²) >= 11 is 34.6. The average molecular weight is 2220 g/mol. The van der Waals surface area contributed by atoms with Gasteiger partial charge in [0.2, 0.25) is 0 Å². The third-order valence-electron chi connectivity index (χ3n) is 16.4. The maximum atomic E-state index is 13.3. The van der Waals surface area contributed by atoms with E-state index < -0.39 is 41.1 Å². The van der Waals surface area contributed by atoms with E-state index in [-0.39, 0.29) is 89.7 Å². The summed E-state index contributed by atoms with van der Waals surface area (Å²) in [5, 5.41) is 1.40. The molecule has 12 aromatic rings. The highest BCUT2D eigenvalue weighted by Gasteiger charge is 2.35. The third kappa shape index (κ3) is 30.2. The molecule has 0 spiro atoms. The molecule has 29 heteroatoms. The zero-order valence-corrected chi connectivity index (χ0v) is 81.7. The highest BCUT2D eigenvalue weighted by atomic mass is 79.9. The van der Waals surface area contributed by atoms with Crippen molar-refractivity contribution in [1.29, 1.82) is 0 Å². The summed E-state index contributed by atoms with van der Waals surface area (Å²) in [6, 6.07) is 90.2. The van der Waals surface area contributed by atoms with Gasteiger partial charge in [-0.3, -0.25) is 33.6 Å². The van der Waals surface area contributed by atoms with Crippen LogP contribution in [0, 0.1) is 11.6 Å².